The van der Waals surface area contributed by atoms with Crippen molar-refractivity contribution < 1.29 is 4.79 Å². The van der Waals surface area contributed by atoms with Crippen molar-refractivity contribution in [2.75, 3.05) is 25.0 Å². The lowest BCUT2D eigenvalue weighted by molar-refractivity contribution is 0.100. The van der Waals surface area contributed by atoms with Crippen molar-refractivity contribution in [1.29, 1.82) is 0 Å². The van der Waals surface area contributed by atoms with E-state index in [1.54, 1.807) is 0 Å². The van der Waals surface area contributed by atoms with Gasteiger partial charge >= 0.3 is 0 Å². The highest BCUT2D eigenvalue weighted by Crippen LogP contribution is 2.29. The molecule has 1 aliphatic rings. The van der Waals surface area contributed by atoms with Crippen molar-refractivity contribution >= 4 is 11.6 Å². The molecule has 1 atom stereocenters. The monoisotopic (exact) mass is 261 g/mol. The van der Waals surface area contributed by atoms with Gasteiger partial charge in [-0.15, -0.1) is 0 Å². The fraction of sp³-hybridized carbons (Fsp3) is 0.533. The van der Waals surface area contributed by atoms with E-state index < -0.39 is 0 Å². The molecule has 19 heavy (non-hydrogen) atoms. The first-order valence-electron chi connectivity index (χ1n) is 7.04. The van der Waals surface area contributed by atoms with E-state index in [0.29, 0.717) is 11.6 Å². The Balaban J connectivity index is 2.24. The lowest BCUT2D eigenvalue weighted by Crippen LogP contribution is -2.42. The van der Waals surface area contributed by atoms with Crippen LogP contribution in [0.15, 0.2) is 24.3 Å². The highest BCUT2D eigenvalue weighted by molar-refractivity contribution is 5.98. The average Bonchev–Trinajstić information content (AvgIpc) is 2.45. The first-order valence-corrected chi connectivity index (χ1v) is 7.04. The molecule has 104 valence electrons. The number of hydrogen-bond acceptors (Lipinski definition) is 3. The normalized spacial score (nSPS) is 19.4. The van der Waals surface area contributed by atoms with Gasteiger partial charge in [-0.2, -0.15) is 0 Å². The number of piperidine rings is 1. The first kappa shape index (κ1) is 13.9. The Kier molecular flexibility index (Phi) is 4.80. The van der Waals surface area contributed by atoms with Crippen molar-refractivity contribution in [3.05, 3.63) is 29.8 Å². The molecule has 4 heteroatoms. The summed E-state index contributed by atoms with van der Waals surface area (Å²) in [6.45, 7) is 2.01. The van der Waals surface area contributed by atoms with Gasteiger partial charge in [0.1, 0.15) is 0 Å². The minimum Gasteiger partial charge on any atom is -0.368 e. The van der Waals surface area contributed by atoms with E-state index in [2.05, 4.69) is 10.2 Å². The van der Waals surface area contributed by atoms with Crippen LogP contribution in [0, 0.1) is 0 Å². The number of nitrogens with zero attached hydrogens (tertiary/aromatic N) is 1. The number of carbonyl (C=O) groups excluding carboxylic acids is 1. The summed E-state index contributed by atoms with van der Waals surface area (Å²) >= 11 is 0. The molecule has 1 aromatic rings. The molecule has 1 aliphatic heterocycles. The quantitative estimate of drug-likeness (QED) is 0.849. The van der Waals surface area contributed by atoms with Gasteiger partial charge in [-0.1, -0.05) is 12.1 Å². The van der Waals surface area contributed by atoms with E-state index in [4.69, 9.17) is 5.73 Å². The fourth-order valence-electron chi connectivity index (χ4n) is 2.86. The summed E-state index contributed by atoms with van der Waals surface area (Å²) in [5, 5.41) is 3.21. The van der Waals surface area contributed by atoms with Gasteiger partial charge in [0.25, 0.3) is 5.91 Å². The van der Waals surface area contributed by atoms with Crippen LogP contribution in [-0.4, -0.2) is 32.1 Å². The van der Waals surface area contributed by atoms with Gasteiger partial charge < -0.3 is 16.0 Å². The number of benzene rings is 1. The number of carbonyl (C=O) groups is 1. The van der Waals surface area contributed by atoms with E-state index in [0.717, 1.165) is 25.2 Å². The SMILES string of the molecule is CNCCC1CCCCN1c1ccccc1C(N)=O. The van der Waals surface area contributed by atoms with Gasteiger partial charge in [-0.25, -0.2) is 0 Å². The van der Waals surface area contributed by atoms with Crippen LogP contribution in [0.25, 0.3) is 0 Å². The minimum absolute atomic E-state index is 0.339. The molecule has 0 bridgehead atoms. The largest absolute Gasteiger partial charge is 0.368 e. The van der Waals surface area contributed by atoms with E-state index in [1.807, 2.05) is 31.3 Å². The first-order chi connectivity index (χ1) is 9.24. The third-order valence-electron chi connectivity index (χ3n) is 3.83. The van der Waals surface area contributed by atoms with Gasteiger partial charge in [0.05, 0.1) is 5.56 Å². The topological polar surface area (TPSA) is 58.4 Å². The molecule has 0 aromatic heterocycles. The fourth-order valence-corrected chi connectivity index (χ4v) is 2.86. The zero-order valence-electron chi connectivity index (χ0n) is 11.6. The molecule has 0 spiro atoms. The van der Waals surface area contributed by atoms with Gasteiger partial charge in [0, 0.05) is 18.3 Å². The Morgan fingerprint density at radius 1 is 1.42 bits per heavy atom. The second kappa shape index (κ2) is 6.57. The van der Waals surface area contributed by atoms with Crippen molar-refractivity contribution in [3.63, 3.8) is 0 Å². The van der Waals surface area contributed by atoms with Crippen LogP contribution in [0.5, 0.6) is 0 Å². The Bertz CT molecular complexity index is 433. The number of amides is 1. The predicted molar refractivity (Wildman–Crippen MR) is 78.5 cm³/mol. The van der Waals surface area contributed by atoms with E-state index >= 15 is 0 Å². The molecular formula is C15H23N3O. The second-order valence-corrected chi connectivity index (χ2v) is 5.12. The van der Waals surface area contributed by atoms with Crippen LogP contribution in [0.1, 0.15) is 36.0 Å². The molecule has 1 heterocycles. The Hall–Kier alpha value is -1.55. The lowest BCUT2D eigenvalue weighted by Gasteiger charge is -2.38. The molecular weight excluding hydrogens is 238 g/mol. The average molecular weight is 261 g/mol. The summed E-state index contributed by atoms with van der Waals surface area (Å²) in [4.78, 5) is 13.9. The highest BCUT2D eigenvalue weighted by Gasteiger charge is 2.24. The second-order valence-electron chi connectivity index (χ2n) is 5.12. The summed E-state index contributed by atoms with van der Waals surface area (Å²) in [5.74, 6) is -0.339. The molecule has 0 radical (unpaired) electrons. The summed E-state index contributed by atoms with van der Waals surface area (Å²) in [7, 11) is 1.98. The number of primary amides is 1. The van der Waals surface area contributed by atoms with Crippen LogP contribution < -0.4 is 16.0 Å². The minimum atomic E-state index is -0.339. The maximum Gasteiger partial charge on any atom is 0.250 e. The zero-order chi connectivity index (χ0) is 13.7. The van der Waals surface area contributed by atoms with E-state index in [9.17, 15) is 4.79 Å². The lowest BCUT2D eigenvalue weighted by atomic mass is 9.97. The van der Waals surface area contributed by atoms with Crippen LogP contribution >= 0.6 is 0 Å². The van der Waals surface area contributed by atoms with Crippen molar-refractivity contribution in [2.24, 2.45) is 5.73 Å². The molecule has 1 saturated heterocycles. The van der Waals surface area contributed by atoms with Gasteiger partial charge in [-0.3, -0.25) is 4.79 Å². The third-order valence-corrected chi connectivity index (χ3v) is 3.83. The van der Waals surface area contributed by atoms with Gasteiger partial charge in [-0.05, 0) is 51.4 Å². The van der Waals surface area contributed by atoms with Crippen LogP contribution in [0.3, 0.4) is 0 Å². The molecule has 2 rings (SSSR count). The summed E-state index contributed by atoms with van der Waals surface area (Å²) in [5.41, 5.74) is 7.12. The third kappa shape index (κ3) is 3.26. The molecule has 4 nitrogen and oxygen atoms in total. The maximum atomic E-state index is 11.6. The van der Waals surface area contributed by atoms with E-state index in [1.165, 1.54) is 19.3 Å². The van der Waals surface area contributed by atoms with Crippen molar-refractivity contribution in [2.45, 2.75) is 31.7 Å². The maximum absolute atomic E-state index is 11.6. The molecule has 0 aliphatic carbocycles. The van der Waals surface area contributed by atoms with E-state index in [-0.39, 0.29) is 5.91 Å². The molecule has 1 amide bonds. The number of nitrogens with two attached hydrogens (primary N) is 1. The number of para-hydroxylation sites is 1. The summed E-state index contributed by atoms with van der Waals surface area (Å²) in [6.07, 6.45) is 4.74. The van der Waals surface area contributed by atoms with Crippen LogP contribution in [-0.2, 0) is 0 Å². The van der Waals surface area contributed by atoms with Gasteiger partial charge in [0.15, 0.2) is 0 Å². The molecule has 1 fully saturated rings. The van der Waals surface area contributed by atoms with Gasteiger partial charge in [0.2, 0.25) is 0 Å². The number of rotatable bonds is 5. The van der Waals surface area contributed by atoms with Crippen molar-refractivity contribution in [3.8, 4) is 0 Å². The Morgan fingerprint density at radius 3 is 2.95 bits per heavy atom. The number of anilines is 1. The Morgan fingerprint density at radius 2 is 2.21 bits per heavy atom. The smallest absolute Gasteiger partial charge is 0.250 e. The molecule has 1 aromatic carbocycles. The number of nitrogens with one attached hydrogen (secondary N) is 1. The molecule has 3 N–H and O–H groups in total. The molecule has 0 saturated carbocycles. The zero-order valence-corrected chi connectivity index (χ0v) is 11.6. The van der Waals surface area contributed by atoms with Crippen molar-refractivity contribution in [1.82, 2.24) is 5.32 Å². The summed E-state index contributed by atoms with van der Waals surface area (Å²) < 4.78 is 0. The highest BCUT2D eigenvalue weighted by atomic mass is 16.1. The Labute approximate surface area is 115 Å². The van der Waals surface area contributed by atoms with Crippen LogP contribution in [0.2, 0.25) is 0 Å². The molecule has 1 unspecified atom stereocenters. The standard InChI is InChI=1S/C15H23N3O/c1-17-10-9-12-6-4-5-11-18(12)14-8-3-2-7-13(14)15(16)19/h2-3,7-8,12,17H,4-6,9-11H2,1H3,(H2,16,19). The summed E-state index contributed by atoms with van der Waals surface area (Å²) in [6, 6.07) is 8.18. The number of hydrogen-bond donors (Lipinski definition) is 2. The predicted octanol–water partition coefficient (Wildman–Crippen LogP) is 1.75. The van der Waals surface area contributed by atoms with Crippen LogP contribution in [0.4, 0.5) is 5.69 Å².